The predicted octanol–water partition coefficient (Wildman–Crippen LogP) is -0.466. The van der Waals surface area contributed by atoms with Gasteiger partial charge in [0.05, 0.1) is 0 Å². The molecular weight excluding hydrogens is 176 g/mol. The van der Waals surface area contributed by atoms with Crippen LogP contribution in [0.4, 0.5) is 0 Å². The summed E-state index contributed by atoms with van der Waals surface area (Å²) >= 11 is 0. The van der Waals surface area contributed by atoms with Gasteiger partial charge in [-0.25, -0.2) is 4.79 Å². The van der Waals surface area contributed by atoms with Crippen LogP contribution >= 0.6 is 0 Å². The summed E-state index contributed by atoms with van der Waals surface area (Å²) in [5.41, 5.74) is -0.324. The molecule has 0 bridgehead atoms. The standard InChI is InChI=1S/C4H5NO2.C3H5NO2/c6-3-1-2-4(7)5-3;1-2(4)3(5)6/h1-2H2,(H,5,6,7);4H,1H3,(H,5,6). The van der Waals surface area contributed by atoms with Crippen molar-refractivity contribution in [3.8, 4) is 0 Å². The molecule has 72 valence electrons. The molecule has 0 spiro atoms. The molecular formula is C7H10N2O4. The number of carbonyl (C=O) groups is 3. The van der Waals surface area contributed by atoms with Gasteiger partial charge in [-0.05, 0) is 6.92 Å². The third-order valence-corrected chi connectivity index (χ3v) is 1.18. The van der Waals surface area contributed by atoms with Crippen molar-refractivity contribution in [1.29, 1.82) is 5.41 Å². The molecule has 0 radical (unpaired) electrons. The van der Waals surface area contributed by atoms with E-state index in [0.29, 0.717) is 12.8 Å². The van der Waals surface area contributed by atoms with E-state index in [4.69, 9.17) is 10.5 Å². The summed E-state index contributed by atoms with van der Waals surface area (Å²) in [6, 6.07) is 0. The van der Waals surface area contributed by atoms with Crippen LogP contribution in [0.1, 0.15) is 19.8 Å². The van der Waals surface area contributed by atoms with Crippen LogP contribution in [0.25, 0.3) is 0 Å². The third-order valence-electron chi connectivity index (χ3n) is 1.18. The zero-order valence-corrected chi connectivity index (χ0v) is 7.09. The smallest absolute Gasteiger partial charge is 0.349 e. The SMILES string of the molecule is CC(=N)C(=O)O.O=C1CCC(=O)N1. The lowest BCUT2D eigenvalue weighted by Crippen LogP contribution is -2.18. The van der Waals surface area contributed by atoms with Crippen LogP contribution in [0.2, 0.25) is 0 Å². The monoisotopic (exact) mass is 186 g/mol. The Morgan fingerprint density at radius 1 is 1.38 bits per heavy atom. The topological polar surface area (TPSA) is 107 Å². The molecule has 0 saturated carbocycles. The fourth-order valence-electron chi connectivity index (χ4n) is 0.508. The van der Waals surface area contributed by atoms with Gasteiger partial charge in [0.25, 0.3) is 0 Å². The number of carboxylic acids is 1. The first-order valence-corrected chi connectivity index (χ1v) is 3.54. The fourth-order valence-corrected chi connectivity index (χ4v) is 0.508. The molecule has 1 aliphatic rings. The average Bonchev–Trinajstić information content (AvgIpc) is 2.35. The summed E-state index contributed by atoms with van der Waals surface area (Å²) in [6.45, 7) is 1.22. The van der Waals surface area contributed by atoms with Crippen LogP contribution in [-0.4, -0.2) is 28.6 Å². The van der Waals surface area contributed by atoms with Crippen LogP contribution in [0.5, 0.6) is 0 Å². The van der Waals surface area contributed by atoms with E-state index in [2.05, 4.69) is 5.32 Å². The number of imide groups is 1. The molecule has 3 N–H and O–H groups in total. The largest absolute Gasteiger partial charge is 0.477 e. The van der Waals surface area contributed by atoms with Crippen molar-refractivity contribution in [2.45, 2.75) is 19.8 Å². The number of aliphatic carboxylic acids is 1. The van der Waals surface area contributed by atoms with Gasteiger partial charge in [0.15, 0.2) is 0 Å². The molecule has 0 aromatic carbocycles. The Hall–Kier alpha value is -1.72. The molecule has 1 fully saturated rings. The van der Waals surface area contributed by atoms with E-state index < -0.39 is 5.97 Å². The molecule has 6 heteroatoms. The highest BCUT2D eigenvalue weighted by atomic mass is 16.4. The summed E-state index contributed by atoms with van der Waals surface area (Å²) < 4.78 is 0. The molecule has 0 aromatic heterocycles. The highest BCUT2D eigenvalue weighted by molar-refractivity contribution is 6.33. The van der Waals surface area contributed by atoms with E-state index in [9.17, 15) is 14.4 Å². The van der Waals surface area contributed by atoms with Crippen molar-refractivity contribution in [2.75, 3.05) is 0 Å². The first kappa shape index (κ1) is 11.3. The van der Waals surface area contributed by atoms with E-state index in [1.54, 1.807) is 0 Å². The van der Waals surface area contributed by atoms with Gasteiger partial charge < -0.3 is 5.11 Å². The summed E-state index contributed by atoms with van der Waals surface area (Å²) in [7, 11) is 0. The zero-order chi connectivity index (χ0) is 10.4. The number of nitrogens with one attached hydrogen (secondary N) is 2. The van der Waals surface area contributed by atoms with E-state index in [-0.39, 0.29) is 17.5 Å². The first-order chi connectivity index (χ1) is 5.93. The van der Waals surface area contributed by atoms with Crippen LogP contribution in [0, 0.1) is 5.41 Å². The summed E-state index contributed by atoms with van der Waals surface area (Å²) in [5, 5.41) is 16.3. The minimum atomic E-state index is -1.16. The maximum absolute atomic E-state index is 10.1. The Balaban J connectivity index is 0.000000226. The van der Waals surface area contributed by atoms with Gasteiger partial charge in [0.1, 0.15) is 5.71 Å². The lowest BCUT2D eigenvalue weighted by Gasteiger charge is -1.79. The van der Waals surface area contributed by atoms with Gasteiger partial charge in [-0.1, -0.05) is 0 Å². The van der Waals surface area contributed by atoms with Gasteiger partial charge in [0.2, 0.25) is 11.8 Å². The molecule has 1 heterocycles. The van der Waals surface area contributed by atoms with E-state index in [0.717, 1.165) is 0 Å². The highest BCUT2D eigenvalue weighted by Crippen LogP contribution is 1.95. The van der Waals surface area contributed by atoms with E-state index in [1.165, 1.54) is 6.92 Å². The second-order valence-electron chi connectivity index (χ2n) is 2.40. The van der Waals surface area contributed by atoms with Crippen LogP contribution < -0.4 is 5.32 Å². The number of hydrogen-bond acceptors (Lipinski definition) is 4. The Kier molecular flexibility index (Phi) is 4.36. The van der Waals surface area contributed by atoms with Gasteiger partial charge in [0, 0.05) is 12.8 Å². The quantitative estimate of drug-likeness (QED) is 0.380. The second-order valence-corrected chi connectivity index (χ2v) is 2.40. The zero-order valence-electron chi connectivity index (χ0n) is 7.09. The van der Waals surface area contributed by atoms with Crippen molar-refractivity contribution in [3.63, 3.8) is 0 Å². The molecule has 0 aliphatic carbocycles. The van der Waals surface area contributed by atoms with Gasteiger partial charge in [-0.3, -0.25) is 20.3 Å². The average molecular weight is 186 g/mol. The van der Waals surface area contributed by atoms with Gasteiger partial charge in [-0.15, -0.1) is 0 Å². The normalized spacial score (nSPS) is 14.2. The number of carbonyl (C=O) groups excluding carboxylic acids is 2. The molecule has 0 aromatic rings. The fraction of sp³-hybridized carbons (Fsp3) is 0.429. The molecule has 1 rings (SSSR count). The summed E-state index contributed by atoms with van der Waals surface area (Å²) in [5.74, 6) is -1.45. The number of carboxylic acid groups (broad SMARTS) is 1. The van der Waals surface area contributed by atoms with Crippen molar-refractivity contribution in [2.24, 2.45) is 0 Å². The number of amides is 2. The third kappa shape index (κ3) is 5.54. The minimum Gasteiger partial charge on any atom is -0.477 e. The second kappa shape index (κ2) is 5.02. The summed E-state index contributed by atoms with van der Waals surface area (Å²) in [6.07, 6.45) is 0.748. The Morgan fingerprint density at radius 2 is 1.69 bits per heavy atom. The molecule has 13 heavy (non-hydrogen) atoms. The molecule has 2 amide bonds. The molecule has 0 atom stereocenters. The van der Waals surface area contributed by atoms with Crippen LogP contribution in [0.3, 0.4) is 0 Å². The maximum atomic E-state index is 10.1. The van der Waals surface area contributed by atoms with E-state index >= 15 is 0 Å². The van der Waals surface area contributed by atoms with Crippen LogP contribution in [0.15, 0.2) is 0 Å². The Bertz CT molecular complexity index is 233. The number of rotatable bonds is 1. The maximum Gasteiger partial charge on any atom is 0.349 e. The predicted molar refractivity (Wildman–Crippen MR) is 43.4 cm³/mol. The summed E-state index contributed by atoms with van der Waals surface area (Å²) in [4.78, 5) is 29.7. The molecule has 0 unspecified atom stereocenters. The Morgan fingerprint density at radius 3 is 1.77 bits per heavy atom. The number of hydrogen-bond donors (Lipinski definition) is 3. The lowest BCUT2D eigenvalue weighted by molar-refractivity contribution is -0.129. The van der Waals surface area contributed by atoms with Crippen molar-refractivity contribution < 1.29 is 19.5 Å². The lowest BCUT2D eigenvalue weighted by atomic mass is 10.4. The van der Waals surface area contributed by atoms with Gasteiger partial charge in [-0.2, -0.15) is 0 Å². The Labute approximate surface area is 74.4 Å². The minimum absolute atomic E-state index is 0.148. The first-order valence-electron chi connectivity index (χ1n) is 3.54. The van der Waals surface area contributed by atoms with Crippen molar-refractivity contribution in [3.05, 3.63) is 0 Å². The molecule has 1 aliphatic heterocycles. The highest BCUT2D eigenvalue weighted by Gasteiger charge is 2.15. The van der Waals surface area contributed by atoms with Crippen molar-refractivity contribution >= 4 is 23.5 Å². The molecule has 1 saturated heterocycles. The van der Waals surface area contributed by atoms with Crippen LogP contribution in [-0.2, 0) is 14.4 Å². The van der Waals surface area contributed by atoms with E-state index in [1.807, 2.05) is 0 Å². The molecule has 6 nitrogen and oxygen atoms in total. The van der Waals surface area contributed by atoms with Gasteiger partial charge >= 0.3 is 5.97 Å². The van der Waals surface area contributed by atoms with Crippen molar-refractivity contribution in [1.82, 2.24) is 5.32 Å².